The molecule has 0 aliphatic heterocycles. The van der Waals surface area contributed by atoms with E-state index in [-0.39, 0.29) is 13.2 Å². The van der Waals surface area contributed by atoms with Crippen molar-refractivity contribution in [3.8, 4) is 0 Å². The molecule has 5 nitrogen and oxygen atoms in total. The summed E-state index contributed by atoms with van der Waals surface area (Å²) in [4.78, 5) is 10.3. The van der Waals surface area contributed by atoms with Gasteiger partial charge in [-0.25, -0.2) is 4.79 Å². The highest BCUT2D eigenvalue weighted by Crippen LogP contribution is 1.94. The van der Waals surface area contributed by atoms with Gasteiger partial charge in [0.25, 0.3) is 0 Å². The van der Waals surface area contributed by atoms with Crippen molar-refractivity contribution < 1.29 is 24.5 Å². The molecule has 0 saturated carbocycles. The van der Waals surface area contributed by atoms with E-state index in [9.17, 15) is 4.79 Å². The van der Waals surface area contributed by atoms with Gasteiger partial charge in [0.1, 0.15) is 6.10 Å². The van der Waals surface area contributed by atoms with Gasteiger partial charge in [-0.2, -0.15) is 0 Å². The first kappa shape index (κ1) is 12.3. The minimum atomic E-state index is -1.04. The summed E-state index contributed by atoms with van der Waals surface area (Å²) < 4.78 is 9.74. The predicted molar refractivity (Wildman–Crippen MR) is 45.5 cm³/mol. The van der Waals surface area contributed by atoms with Crippen molar-refractivity contribution in [2.24, 2.45) is 0 Å². The van der Waals surface area contributed by atoms with Crippen molar-refractivity contribution in [2.75, 3.05) is 19.8 Å². The molecule has 0 amide bonds. The van der Waals surface area contributed by atoms with Crippen LogP contribution in [0.4, 0.5) is 0 Å². The first-order chi connectivity index (χ1) is 6.07. The maximum absolute atomic E-state index is 10.3. The first-order valence-corrected chi connectivity index (χ1v) is 4.18. The van der Waals surface area contributed by atoms with Gasteiger partial charge in [0.05, 0.1) is 13.2 Å². The van der Waals surface area contributed by atoms with E-state index in [2.05, 4.69) is 0 Å². The number of carboxylic acids is 1. The van der Waals surface area contributed by atoms with Crippen molar-refractivity contribution >= 4 is 5.97 Å². The minimum absolute atomic E-state index is 0.0204. The second-order valence-electron chi connectivity index (χ2n) is 2.63. The van der Waals surface area contributed by atoms with Gasteiger partial charge in [-0.1, -0.05) is 0 Å². The third kappa shape index (κ3) is 6.51. The Balaban J connectivity index is 3.45. The quantitative estimate of drug-likeness (QED) is 0.587. The van der Waals surface area contributed by atoms with Gasteiger partial charge in [0.2, 0.25) is 0 Å². The zero-order chi connectivity index (χ0) is 10.3. The Hall–Kier alpha value is -0.650. The van der Waals surface area contributed by atoms with E-state index < -0.39 is 18.2 Å². The summed E-state index contributed by atoms with van der Waals surface area (Å²) in [5.41, 5.74) is 0. The lowest BCUT2D eigenvalue weighted by Gasteiger charge is -2.13. The third-order valence-corrected chi connectivity index (χ3v) is 1.40. The number of aliphatic carboxylic acids is 1. The van der Waals surface area contributed by atoms with Crippen LogP contribution in [0.25, 0.3) is 0 Å². The molecule has 0 fully saturated rings. The van der Waals surface area contributed by atoms with Crippen molar-refractivity contribution in [1.82, 2.24) is 0 Å². The highest BCUT2D eigenvalue weighted by Gasteiger charge is 2.13. The molecule has 0 radical (unpaired) electrons. The fourth-order valence-corrected chi connectivity index (χ4v) is 0.629. The first-order valence-electron chi connectivity index (χ1n) is 4.18. The molecule has 13 heavy (non-hydrogen) atoms. The average molecular weight is 192 g/mol. The lowest BCUT2D eigenvalue weighted by molar-refractivity contribution is -0.151. The lowest BCUT2D eigenvalue weighted by Crippen LogP contribution is -2.28. The Bertz CT molecular complexity index is 147. The van der Waals surface area contributed by atoms with Gasteiger partial charge in [-0.15, -0.1) is 0 Å². The number of aliphatic hydroxyl groups excluding tert-OH is 1. The van der Waals surface area contributed by atoms with Crippen LogP contribution in [0, 0.1) is 0 Å². The second kappa shape index (κ2) is 6.82. The van der Waals surface area contributed by atoms with Gasteiger partial charge in [0, 0.05) is 6.61 Å². The minimum Gasteiger partial charge on any atom is -0.479 e. The lowest BCUT2D eigenvalue weighted by atomic mass is 10.4. The molecule has 0 rings (SSSR count). The normalized spacial score (nSPS) is 15.3. The molecule has 0 saturated heterocycles. The highest BCUT2D eigenvalue weighted by atomic mass is 16.5. The molecule has 0 spiro atoms. The van der Waals surface area contributed by atoms with Crippen molar-refractivity contribution in [1.29, 1.82) is 0 Å². The summed E-state index contributed by atoms with van der Waals surface area (Å²) in [6.07, 6.45) is -1.65. The number of ether oxygens (including phenoxy) is 2. The fraction of sp³-hybridized carbons (Fsp3) is 0.875. The van der Waals surface area contributed by atoms with Crippen molar-refractivity contribution in [3.05, 3.63) is 0 Å². The van der Waals surface area contributed by atoms with Crippen LogP contribution < -0.4 is 0 Å². The van der Waals surface area contributed by atoms with E-state index in [1.807, 2.05) is 6.92 Å². The van der Waals surface area contributed by atoms with Gasteiger partial charge in [0.15, 0.2) is 6.10 Å². The number of rotatable bonds is 7. The molecule has 0 aromatic rings. The van der Waals surface area contributed by atoms with E-state index in [1.165, 1.54) is 6.92 Å². The van der Waals surface area contributed by atoms with E-state index in [4.69, 9.17) is 19.7 Å². The van der Waals surface area contributed by atoms with Crippen molar-refractivity contribution in [3.63, 3.8) is 0 Å². The average Bonchev–Trinajstić information content (AvgIpc) is 2.10. The van der Waals surface area contributed by atoms with Gasteiger partial charge in [-0.05, 0) is 13.8 Å². The molecule has 0 bridgehead atoms. The van der Waals surface area contributed by atoms with E-state index in [0.717, 1.165) is 0 Å². The van der Waals surface area contributed by atoms with Crippen LogP contribution >= 0.6 is 0 Å². The molecule has 2 N–H and O–H groups in total. The van der Waals surface area contributed by atoms with Crippen LogP contribution in [0.3, 0.4) is 0 Å². The molecular weight excluding hydrogens is 176 g/mol. The number of carbonyl (C=O) groups is 1. The Labute approximate surface area is 77.3 Å². The second-order valence-corrected chi connectivity index (χ2v) is 2.63. The maximum Gasteiger partial charge on any atom is 0.332 e. The summed E-state index contributed by atoms with van der Waals surface area (Å²) in [6.45, 7) is 3.89. The van der Waals surface area contributed by atoms with Crippen LogP contribution in [-0.4, -0.2) is 48.2 Å². The smallest absolute Gasteiger partial charge is 0.332 e. The summed E-state index contributed by atoms with van der Waals surface area (Å²) in [7, 11) is 0. The standard InChI is InChI=1S/C8H16O5/c1-3-12-4-7(9)5-13-6(2)8(10)11/h6-7,9H,3-5H2,1-2H3,(H,10,11)/t6-,7?/m1/s1. The largest absolute Gasteiger partial charge is 0.479 e. The summed E-state index contributed by atoms with van der Waals surface area (Å²) in [5.74, 6) is -1.04. The SMILES string of the molecule is CCOCC(O)CO[C@H](C)C(=O)O. The summed E-state index contributed by atoms with van der Waals surface area (Å²) in [6, 6.07) is 0. The number of carboxylic acid groups (broad SMARTS) is 1. The van der Waals surface area contributed by atoms with Crippen LogP contribution in [0.5, 0.6) is 0 Å². The van der Waals surface area contributed by atoms with E-state index in [0.29, 0.717) is 6.61 Å². The molecule has 2 atom stereocenters. The van der Waals surface area contributed by atoms with Gasteiger partial charge >= 0.3 is 5.97 Å². The van der Waals surface area contributed by atoms with Crippen LogP contribution in [-0.2, 0) is 14.3 Å². The molecule has 0 heterocycles. The van der Waals surface area contributed by atoms with Gasteiger partial charge < -0.3 is 19.7 Å². The zero-order valence-electron chi connectivity index (χ0n) is 7.90. The third-order valence-electron chi connectivity index (χ3n) is 1.40. The van der Waals surface area contributed by atoms with Gasteiger partial charge in [-0.3, -0.25) is 0 Å². The Morgan fingerprint density at radius 2 is 2.08 bits per heavy atom. The number of hydrogen-bond acceptors (Lipinski definition) is 4. The fourth-order valence-electron chi connectivity index (χ4n) is 0.629. The molecule has 5 heteroatoms. The van der Waals surface area contributed by atoms with Crippen LogP contribution in [0.1, 0.15) is 13.8 Å². The molecule has 78 valence electrons. The maximum atomic E-state index is 10.3. The molecule has 0 aliphatic rings. The van der Waals surface area contributed by atoms with E-state index >= 15 is 0 Å². The summed E-state index contributed by atoms with van der Waals surface area (Å²) >= 11 is 0. The number of hydrogen-bond donors (Lipinski definition) is 2. The molecule has 0 aromatic heterocycles. The molecule has 0 aliphatic carbocycles. The Morgan fingerprint density at radius 1 is 1.46 bits per heavy atom. The van der Waals surface area contributed by atoms with E-state index in [1.54, 1.807) is 0 Å². The topological polar surface area (TPSA) is 76.0 Å². The predicted octanol–water partition coefficient (Wildman–Crippen LogP) is -0.127. The molecule has 0 aromatic carbocycles. The molecule has 1 unspecified atom stereocenters. The van der Waals surface area contributed by atoms with Crippen LogP contribution in [0.15, 0.2) is 0 Å². The summed E-state index contributed by atoms with van der Waals surface area (Å²) in [5, 5.41) is 17.6. The molecular formula is C8H16O5. The van der Waals surface area contributed by atoms with Crippen molar-refractivity contribution in [2.45, 2.75) is 26.1 Å². The number of aliphatic hydroxyl groups is 1. The highest BCUT2D eigenvalue weighted by molar-refractivity contribution is 5.71. The Morgan fingerprint density at radius 3 is 2.54 bits per heavy atom. The zero-order valence-corrected chi connectivity index (χ0v) is 7.90. The monoisotopic (exact) mass is 192 g/mol. The Kier molecular flexibility index (Phi) is 6.48. The van der Waals surface area contributed by atoms with Crippen LogP contribution in [0.2, 0.25) is 0 Å².